The van der Waals surface area contributed by atoms with E-state index in [0.29, 0.717) is 0 Å². The van der Waals surface area contributed by atoms with Crippen LogP contribution in [0.1, 0.15) is 20.8 Å². The highest BCUT2D eigenvalue weighted by atomic mass is 32.2. The third kappa shape index (κ3) is 5.27. The highest BCUT2D eigenvalue weighted by molar-refractivity contribution is 7.92. The highest BCUT2D eigenvalue weighted by Crippen LogP contribution is 2.13. The second-order valence-corrected chi connectivity index (χ2v) is 9.57. The van der Waals surface area contributed by atoms with E-state index in [4.69, 9.17) is 0 Å². The van der Waals surface area contributed by atoms with Gasteiger partial charge in [0.1, 0.15) is 0 Å². The molecule has 0 aromatic rings. The summed E-state index contributed by atoms with van der Waals surface area (Å²) in [6.45, 7) is 5.36. The topological polar surface area (TPSA) is 80.3 Å². The van der Waals surface area contributed by atoms with E-state index in [1.54, 1.807) is 20.8 Å². The molecule has 0 fully saturated rings. The van der Waals surface area contributed by atoms with Gasteiger partial charge in [-0.15, -0.1) is 0 Å². The lowest BCUT2D eigenvalue weighted by atomic mass is 10.2. The molecule has 0 aromatic carbocycles. The largest absolute Gasteiger partial charge is 0.314 e. The molecule has 0 aliphatic rings. The second-order valence-electron chi connectivity index (χ2n) is 4.45. The van der Waals surface area contributed by atoms with Crippen molar-refractivity contribution in [1.29, 1.82) is 0 Å². The van der Waals surface area contributed by atoms with E-state index in [2.05, 4.69) is 5.32 Å². The Morgan fingerprint density at radius 1 is 1.12 bits per heavy atom. The van der Waals surface area contributed by atoms with Gasteiger partial charge >= 0.3 is 0 Å². The molecule has 0 atom stereocenters. The summed E-state index contributed by atoms with van der Waals surface area (Å²) in [4.78, 5) is 0. The second kappa shape index (κ2) is 5.46. The summed E-state index contributed by atoms with van der Waals surface area (Å²) >= 11 is 0. The quantitative estimate of drug-likeness (QED) is 0.651. The molecule has 16 heavy (non-hydrogen) atoms. The molecule has 5 nitrogen and oxygen atoms in total. The van der Waals surface area contributed by atoms with Crippen molar-refractivity contribution < 1.29 is 16.8 Å². The van der Waals surface area contributed by atoms with Crippen molar-refractivity contribution in [3.8, 4) is 0 Å². The lowest BCUT2D eigenvalue weighted by Gasteiger charge is -2.22. The zero-order valence-corrected chi connectivity index (χ0v) is 11.9. The van der Waals surface area contributed by atoms with Crippen molar-refractivity contribution in [1.82, 2.24) is 5.32 Å². The fourth-order valence-corrected chi connectivity index (χ4v) is 2.00. The van der Waals surface area contributed by atoms with Crippen molar-refractivity contribution in [3.05, 3.63) is 0 Å². The van der Waals surface area contributed by atoms with Gasteiger partial charge in [0, 0.05) is 25.1 Å². The maximum atomic E-state index is 11.3. The fourth-order valence-electron chi connectivity index (χ4n) is 0.893. The first kappa shape index (κ1) is 15.9. The number of rotatable bonds is 7. The first-order chi connectivity index (χ1) is 7.02. The van der Waals surface area contributed by atoms with Crippen molar-refractivity contribution in [2.75, 3.05) is 30.9 Å². The Labute approximate surface area is 98.5 Å². The Kier molecular flexibility index (Phi) is 5.41. The molecule has 7 heteroatoms. The third-order valence-electron chi connectivity index (χ3n) is 2.58. The van der Waals surface area contributed by atoms with Crippen molar-refractivity contribution in [3.63, 3.8) is 0 Å². The predicted octanol–water partition coefficient (Wildman–Crippen LogP) is -0.166. The average Bonchev–Trinajstić information content (AvgIpc) is 2.11. The van der Waals surface area contributed by atoms with Gasteiger partial charge in [0.15, 0.2) is 19.7 Å². The first-order valence-corrected chi connectivity index (χ1v) is 8.84. The standard InChI is InChI=1S/C9H21NO4S2/c1-5-16(13,14)7-6-10-8-9(2,3)15(4,11)12/h10H,5-8H2,1-4H3. The van der Waals surface area contributed by atoms with Crippen molar-refractivity contribution >= 4 is 19.7 Å². The number of sulfone groups is 2. The van der Waals surface area contributed by atoms with E-state index in [1.807, 2.05) is 0 Å². The molecule has 0 bridgehead atoms. The summed E-state index contributed by atoms with van der Waals surface area (Å²) in [7, 11) is -6.12. The average molecular weight is 271 g/mol. The van der Waals surface area contributed by atoms with Crippen LogP contribution in [0, 0.1) is 0 Å². The zero-order valence-electron chi connectivity index (χ0n) is 10.3. The number of hydrogen-bond donors (Lipinski definition) is 1. The predicted molar refractivity (Wildman–Crippen MR) is 66.1 cm³/mol. The van der Waals surface area contributed by atoms with Gasteiger partial charge in [0.25, 0.3) is 0 Å². The minimum Gasteiger partial charge on any atom is -0.314 e. The minimum atomic E-state index is -3.14. The SMILES string of the molecule is CCS(=O)(=O)CCNCC(C)(C)S(C)(=O)=O. The molecular formula is C9H21NO4S2. The Morgan fingerprint density at radius 2 is 1.62 bits per heavy atom. The molecule has 0 saturated heterocycles. The monoisotopic (exact) mass is 271 g/mol. The molecule has 0 heterocycles. The summed E-state index contributed by atoms with van der Waals surface area (Å²) in [5, 5.41) is 2.86. The van der Waals surface area contributed by atoms with E-state index < -0.39 is 24.4 Å². The van der Waals surface area contributed by atoms with E-state index in [9.17, 15) is 16.8 Å². The summed E-state index contributed by atoms with van der Waals surface area (Å²) in [6.07, 6.45) is 1.18. The van der Waals surface area contributed by atoms with Crippen LogP contribution in [0.3, 0.4) is 0 Å². The van der Waals surface area contributed by atoms with E-state index in [1.165, 1.54) is 6.26 Å². The summed E-state index contributed by atoms with van der Waals surface area (Å²) in [5.41, 5.74) is 0. The van der Waals surface area contributed by atoms with Crippen LogP contribution in [-0.2, 0) is 19.7 Å². The first-order valence-electron chi connectivity index (χ1n) is 5.12. The van der Waals surface area contributed by atoms with Gasteiger partial charge in [0.05, 0.1) is 10.5 Å². The van der Waals surface area contributed by atoms with Gasteiger partial charge in [0.2, 0.25) is 0 Å². The summed E-state index contributed by atoms with van der Waals surface area (Å²) in [5.74, 6) is 0.160. The maximum absolute atomic E-state index is 11.3. The highest BCUT2D eigenvalue weighted by Gasteiger charge is 2.29. The van der Waals surface area contributed by atoms with Crippen LogP contribution in [-0.4, -0.2) is 52.4 Å². The van der Waals surface area contributed by atoms with Gasteiger partial charge in [-0.05, 0) is 13.8 Å². The molecule has 0 aliphatic heterocycles. The maximum Gasteiger partial charge on any atom is 0.153 e. The van der Waals surface area contributed by atoms with E-state index >= 15 is 0 Å². The van der Waals surface area contributed by atoms with Crippen molar-refractivity contribution in [2.24, 2.45) is 0 Å². The van der Waals surface area contributed by atoms with Crippen LogP contribution >= 0.6 is 0 Å². The van der Waals surface area contributed by atoms with Crippen molar-refractivity contribution in [2.45, 2.75) is 25.5 Å². The molecule has 0 rings (SSSR count). The molecule has 0 saturated carbocycles. The normalized spacial score (nSPS) is 14.0. The smallest absolute Gasteiger partial charge is 0.153 e. The Hall–Kier alpha value is -0.140. The number of hydrogen-bond acceptors (Lipinski definition) is 5. The van der Waals surface area contributed by atoms with Gasteiger partial charge in [-0.25, -0.2) is 16.8 Å². The van der Waals surface area contributed by atoms with E-state index in [-0.39, 0.29) is 24.6 Å². The number of nitrogens with one attached hydrogen (secondary N) is 1. The van der Waals surface area contributed by atoms with Gasteiger partial charge in [-0.1, -0.05) is 6.92 Å². The lowest BCUT2D eigenvalue weighted by Crippen LogP contribution is -2.42. The van der Waals surface area contributed by atoms with E-state index in [0.717, 1.165) is 0 Å². The summed E-state index contributed by atoms with van der Waals surface area (Å²) in [6, 6.07) is 0. The molecule has 0 radical (unpaired) electrons. The van der Waals surface area contributed by atoms with Crippen LogP contribution < -0.4 is 5.32 Å². The molecular weight excluding hydrogens is 250 g/mol. The van der Waals surface area contributed by atoms with Crippen LogP contribution in [0.4, 0.5) is 0 Å². The van der Waals surface area contributed by atoms with Crippen LogP contribution in [0.5, 0.6) is 0 Å². The third-order valence-corrected chi connectivity index (χ3v) is 6.44. The molecule has 0 aliphatic carbocycles. The summed E-state index contributed by atoms with van der Waals surface area (Å²) < 4.78 is 44.1. The molecule has 0 unspecified atom stereocenters. The van der Waals surface area contributed by atoms with Gasteiger partial charge in [-0.3, -0.25) is 0 Å². The molecule has 0 amide bonds. The lowest BCUT2D eigenvalue weighted by molar-refractivity contribution is 0.526. The Balaban J connectivity index is 4.12. The Morgan fingerprint density at radius 3 is 2.00 bits per heavy atom. The van der Waals surface area contributed by atoms with Crippen LogP contribution in [0.2, 0.25) is 0 Å². The van der Waals surface area contributed by atoms with Gasteiger partial charge in [-0.2, -0.15) is 0 Å². The molecule has 98 valence electrons. The van der Waals surface area contributed by atoms with Crippen LogP contribution in [0.15, 0.2) is 0 Å². The van der Waals surface area contributed by atoms with Crippen LogP contribution in [0.25, 0.3) is 0 Å². The minimum absolute atomic E-state index is 0.0450. The fraction of sp³-hybridized carbons (Fsp3) is 1.00. The van der Waals surface area contributed by atoms with Gasteiger partial charge < -0.3 is 5.32 Å². The molecule has 0 aromatic heterocycles. The molecule has 0 spiro atoms. The molecule has 1 N–H and O–H groups in total. The zero-order chi connectivity index (χ0) is 13.0. The Bertz CT molecular complexity index is 409.